The number of hydrogen-bond acceptors (Lipinski definition) is 8. The lowest BCUT2D eigenvalue weighted by Gasteiger charge is -2.40. The lowest BCUT2D eigenvalue weighted by Crippen LogP contribution is -2.60. The van der Waals surface area contributed by atoms with Crippen molar-refractivity contribution in [3.05, 3.63) is 24.3 Å². The summed E-state index contributed by atoms with van der Waals surface area (Å²) in [6.45, 7) is 3.71. The van der Waals surface area contributed by atoms with Gasteiger partial charge in [0.05, 0.1) is 25.4 Å². The fraction of sp³-hybridized carbons (Fsp3) is 0.861. The van der Waals surface area contributed by atoms with Crippen molar-refractivity contribution in [2.24, 2.45) is 0 Å². The first-order valence-corrected chi connectivity index (χ1v) is 18.0. The van der Waals surface area contributed by atoms with Gasteiger partial charge in [0.1, 0.15) is 24.4 Å². The van der Waals surface area contributed by atoms with E-state index in [9.17, 15) is 30.3 Å². The molecular weight excluding hydrogens is 574 g/mol. The van der Waals surface area contributed by atoms with Crippen LogP contribution >= 0.6 is 0 Å². The van der Waals surface area contributed by atoms with Crippen molar-refractivity contribution >= 4 is 5.91 Å². The first-order valence-electron chi connectivity index (χ1n) is 18.0. The number of rotatable bonds is 28. The van der Waals surface area contributed by atoms with E-state index in [2.05, 4.69) is 43.5 Å². The van der Waals surface area contributed by atoms with Gasteiger partial charge < -0.3 is 40.3 Å². The molecule has 1 fully saturated rings. The second-order valence-corrected chi connectivity index (χ2v) is 12.7. The molecule has 0 aromatic carbocycles. The highest BCUT2D eigenvalue weighted by atomic mass is 16.7. The smallest absolute Gasteiger partial charge is 0.220 e. The summed E-state index contributed by atoms with van der Waals surface area (Å²) < 4.78 is 11.1. The summed E-state index contributed by atoms with van der Waals surface area (Å²) in [6.07, 6.45) is 21.9. The molecule has 0 bridgehead atoms. The Labute approximate surface area is 273 Å². The number of carbonyl (C=O) groups is 1. The number of aliphatic hydroxyl groups excluding tert-OH is 5. The molecule has 264 valence electrons. The molecule has 0 aliphatic carbocycles. The van der Waals surface area contributed by atoms with E-state index in [1.165, 1.54) is 51.4 Å². The number of hydrogen-bond donors (Lipinski definition) is 6. The van der Waals surface area contributed by atoms with E-state index in [-0.39, 0.29) is 12.5 Å². The summed E-state index contributed by atoms with van der Waals surface area (Å²) in [6, 6.07) is -0.733. The summed E-state index contributed by atoms with van der Waals surface area (Å²) in [4.78, 5) is 12.8. The molecule has 9 heteroatoms. The Hall–Kier alpha value is -1.33. The van der Waals surface area contributed by atoms with Crippen LogP contribution in [0.3, 0.4) is 0 Å². The molecule has 0 spiro atoms. The molecule has 1 aliphatic rings. The zero-order chi connectivity index (χ0) is 33.1. The van der Waals surface area contributed by atoms with Gasteiger partial charge in [0.25, 0.3) is 0 Å². The summed E-state index contributed by atoms with van der Waals surface area (Å²) >= 11 is 0. The molecule has 6 N–H and O–H groups in total. The number of nitrogens with one attached hydrogen (secondary N) is 1. The summed E-state index contributed by atoms with van der Waals surface area (Å²) in [5.41, 5.74) is 0. The van der Waals surface area contributed by atoms with E-state index in [4.69, 9.17) is 9.47 Å². The predicted molar refractivity (Wildman–Crippen MR) is 180 cm³/mol. The molecule has 9 nitrogen and oxygen atoms in total. The maximum absolute atomic E-state index is 12.8. The third kappa shape index (κ3) is 19.8. The van der Waals surface area contributed by atoms with E-state index >= 15 is 0 Å². The number of amides is 1. The lowest BCUT2D eigenvalue weighted by atomic mass is 9.99. The van der Waals surface area contributed by atoms with Gasteiger partial charge in [0.15, 0.2) is 6.29 Å². The van der Waals surface area contributed by atoms with Gasteiger partial charge >= 0.3 is 0 Å². The molecule has 1 rings (SSSR count). The molecular formula is C36H67NO8. The van der Waals surface area contributed by atoms with E-state index in [0.717, 1.165) is 64.2 Å². The predicted octanol–water partition coefficient (Wildman–Crippen LogP) is 5.60. The second kappa shape index (κ2) is 27.8. The van der Waals surface area contributed by atoms with Gasteiger partial charge in [-0.15, -0.1) is 0 Å². The molecule has 0 aromatic rings. The number of aliphatic hydroxyl groups is 5. The highest BCUT2D eigenvalue weighted by molar-refractivity contribution is 5.76. The summed E-state index contributed by atoms with van der Waals surface area (Å²) in [5.74, 6) is -0.169. The van der Waals surface area contributed by atoms with Crippen LogP contribution in [0.1, 0.15) is 142 Å². The quantitative estimate of drug-likeness (QED) is 0.0478. The molecule has 1 saturated heterocycles. The Morgan fingerprint density at radius 3 is 1.84 bits per heavy atom. The van der Waals surface area contributed by atoms with Gasteiger partial charge in [0.2, 0.25) is 5.91 Å². The Bertz CT molecular complexity index is 761. The van der Waals surface area contributed by atoms with Crippen molar-refractivity contribution in [2.75, 3.05) is 13.2 Å². The van der Waals surface area contributed by atoms with Gasteiger partial charge in [0, 0.05) is 6.42 Å². The van der Waals surface area contributed by atoms with Crippen LogP contribution < -0.4 is 5.32 Å². The van der Waals surface area contributed by atoms with Crippen molar-refractivity contribution in [1.82, 2.24) is 5.32 Å². The fourth-order valence-electron chi connectivity index (χ4n) is 5.50. The third-order valence-electron chi connectivity index (χ3n) is 8.53. The largest absolute Gasteiger partial charge is 0.394 e. The molecule has 1 aliphatic heterocycles. The third-order valence-corrected chi connectivity index (χ3v) is 8.53. The van der Waals surface area contributed by atoms with Crippen molar-refractivity contribution in [3.8, 4) is 0 Å². The van der Waals surface area contributed by atoms with Gasteiger partial charge in [-0.05, 0) is 64.2 Å². The number of ether oxygens (including phenoxy) is 2. The molecule has 1 amide bonds. The van der Waals surface area contributed by atoms with Crippen LogP contribution in [0, 0.1) is 0 Å². The molecule has 0 aromatic heterocycles. The molecule has 1 heterocycles. The highest BCUT2D eigenvalue weighted by Gasteiger charge is 2.44. The van der Waals surface area contributed by atoms with Gasteiger partial charge in [-0.25, -0.2) is 0 Å². The van der Waals surface area contributed by atoms with Crippen LogP contribution in [0.2, 0.25) is 0 Å². The summed E-state index contributed by atoms with van der Waals surface area (Å²) in [7, 11) is 0. The van der Waals surface area contributed by atoms with Crippen LogP contribution in [0.4, 0.5) is 0 Å². The Kier molecular flexibility index (Phi) is 25.7. The van der Waals surface area contributed by atoms with Crippen molar-refractivity contribution < 1.29 is 39.8 Å². The Morgan fingerprint density at radius 2 is 1.24 bits per heavy atom. The van der Waals surface area contributed by atoms with Crippen LogP contribution in [-0.4, -0.2) is 87.5 Å². The topological polar surface area (TPSA) is 149 Å². The van der Waals surface area contributed by atoms with E-state index in [1.54, 1.807) is 0 Å². The van der Waals surface area contributed by atoms with Crippen LogP contribution in [0.15, 0.2) is 24.3 Å². The van der Waals surface area contributed by atoms with E-state index < -0.39 is 49.5 Å². The minimum atomic E-state index is -1.56. The Balaban J connectivity index is 2.47. The minimum absolute atomic E-state index is 0.154. The van der Waals surface area contributed by atoms with E-state index in [0.29, 0.717) is 12.8 Å². The maximum atomic E-state index is 12.8. The minimum Gasteiger partial charge on any atom is -0.394 e. The van der Waals surface area contributed by atoms with Crippen LogP contribution in [-0.2, 0) is 14.3 Å². The lowest BCUT2D eigenvalue weighted by molar-refractivity contribution is -0.302. The van der Waals surface area contributed by atoms with Gasteiger partial charge in [-0.3, -0.25) is 4.79 Å². The van der Waals surface area contributed by atoms with Crippen LogP contribution in [0.5, 0.6) is 0 Å². The molecule has 2 unspecified atom stereocenters. The average molecular weight is 642 g/mol. The van der Waals surface area contributed by atoms with E-state index in [1.807, 2.05) is 0 Å². The first kappa shape index (κ1) is 41.7. The SMILES string of the molecule is CCCCC/C=C/CCCC[C@@H](O)[C@H](CO[C@H]1O[C@@H](CO)[C@H](O)C(O)C1O)NC(=O)CCCCCCC/C=C/CCCCCC. The maximum Gasteiger partial charge on any atom is 0.220 e. The molecule has 0 saturated carbocycles. The summed E-state index contributed by atoms with van der Waals surface area (Å²) in [5, 5.41) is 53.8. The number of carbonyl (C=O) groups excluding carboxylic acids is 1. The monoisotopic (exact) mass is 641 g/mol. The highest BCUT2D eigenvalue weighted by Crippen LogP contribution is 2.22. The average Bonchev–Trinajstić information content (AvgIpc) is 3.04. The standard InChI is InChI=1S/C36H67NO8/c1-3-5-7-9-11-13-14-15-16-18-20-22-24-26-32(40)37-29(30(39)25-23-21-19-17-12-10-8-6-4-2)28-44-36-35(43)34(42)33(41)31(27-38)45-36/h12-14,17,29-31,33-36,38-39,41-43H,3-11,15-16,18-28H2,1-2H3,(H,37,40)/b14-13+,17-12+/t29-,30+,31-,33-,34?,35?,36-/m0/s1. The fourth-order valence-corrected chi connectivity index (χ4v) is 5.50. The second-order valence-electron chi connectivity index (χ2n) is 12.7. The zero-order valence-corrected chi connectivity index (χ0v) is 28.4. The van der Waals surface area contributed by atoms with Gasteiger partial charge in [-0.1, -0.05) is 95.9 Å². The van der Waals surface area contributed by atoms with Crippen molar-refractivity contribution in [3.63, 3.8) is 0 Å². The molecule has 45 heavy (non-hydrogen) atoms. The zero-order valence-electron chi connectivity index (χ0n) is 28.4. The first-order chi connectivity index (χ1) is 21.8. The normalized spacial score (nSPS) is 23.6. The van der Waals surface area contributed by atoms with Crippen molar-refractivity contribution in [1.29, 1.82) is 0 Å². The number of unbranched alkanes of at least 4 members (excludes halogenated alkanes) is 14. The molecule has 0 radical (unpaired) electrons. The van der Waals surface area contributed by atoms with Crippen LogP contribution in [0.25, 0.3) is 0 Å². The van der Waals surface area contributed by atoms with Crippen molar-refractivity contribution in [2.45, 2.75) is 185 Å². The molecule has 7 atom stereocenters. The van der Waals surface area contributed by atoms with Gasteiger partial charge in [-0.2, -0.15) is 0 Å². The number of allylic oxidation sites excluding steroid dienone is 4. The Morgan fingerprint density at radius 1 is 0.733 bits per heavy atom.